The van der Waals surface area contributed by atoms with Gasteiger partial charge in [0, 0.05) is 21.7 Å². The summed E-state index contributed by atoms with van der Waals surface area (Å²) >= 11 is 0. The van der Waals surface area contributed by atoms with Crippen LogP contribution in [0.25, 0.3) is 0 Å². The molecule has 5 heteroatoms. The van der Waals surface area contributed by atoms with Gasteiger partial charge in [-0.3, -0.25) is 0 Å². The van der Waals surface area contributed by atoms with E-state index in [9.17, 15) is 0 Å². The van der Waals surface area contributed by atoms with E-state index in [-0.39, 0.29) is 21.7 Å². The zero-order valence-corrected chi connectivity index (χ0v) is 3.77. The Morgan fingerprint density at radius 3 is 1.20 bits per heavy atom. The summed E-state index contributed by atoms with van der Waals surface area (Å²) in [5.41, 5.74) is 0. The van der Waals surface area contributed by atoms with E-state index in [4.69, 9.17) is 10.5 Å². The average molecular weight is 114 g/mol. The molecule has 4 nitrogen and oxygen atoms in total. The molecule has 0 amide bonds. The van der Waals surface area contributed by atoms with E-state index >= 15 is 0 Å². The van der Waals surface area contributed by atoms with Gasteiger partial charge in [0.1, 0.15) is 0 Å². The van der Waals surface area contributed by atoms with Crippen molar-refractivity contribution in [3.8, 4) is 0 Å². The maximum Gasteiger partial charge on any atom is 0 e. The van der Waals surface area contributed by atoms with Crippen molar-refractivity contribution in [3.05, 3.63) is 0 Å². The van der Waals surface area contributed by atoms with Gasteiger partial charge < -0.3 is 0 Å². The quantitative estimate of drug-likeness (QED) is 0.283. The summed E-state index contributed by atoms with van der Waals surface area (Å²) in [5, 5.41) is 19.0. The molecule has 2 N–H and O–H groups in total. The molecule has 0 aliphatic rings. The number of hydrogen-bond donors (Lipinski definition) is 2. The molecule has 0 atom stereocenters. The van der Waals surface area contributed by atoms with Crippen LogP contribution in [-0.4, -0.2) is 10.5 Å². The van der Waals surface area contributed by atoms with Gasteiger partial charge in [-0.25, -0.2) is 10.5 Å². The predicted molar refractivity (Wildman–Crippen MR) is 7.43 cm³/mol. The number of hydrogen-bond acceptors (Lipinski definition) is 4. The van der Waals surface area contributed by atoms with Crippen LogP contribution in [0.5, 0.6) is 0 Å². The van der Waals surface area contributed by atoms with E-state index in [0.717, 1.165) is 0 Å². The monoisotopic (exact) mass is 114 g/mol. The van der Waals surface area contributed by atoms with Crippen molar-refractivity contribution in [3.63, 3.8) is 0 Å². The van der Waals surface area contributed by atoms with Crippen molar-refractivity contribution in [2.24, 2.45) is 0 Å². The Hall–Kier alpha value is 0.554. The fraction of sp³-hybridized carbons (Fsp3) is 0. The summed E-state index contributed by atoms with van der Waals surface area (Å²) in [7, 11) is 0. The topological polar surface area (TPSA) is 58.9 Å². The first-order chi connectivity index (χ1) is 1.91. The van der Waals surface area contributed by atoms with Crippen LogP contribution in [-0.2, 0) is 31.8 Å². The average Bonchev–Trinajstić information content (AvgIpc) is 1.37. The van der Waals surface area contributed by atoms with Gasteiger partial charge in [-0.1, -0.05) is 0 Å². The smallest absolute Gasteiger partial charge is 0 e. The van der Waals surface area contributed by atoms with Crippen LogP contribution in [0.2, 0.25) is 0 Å². The second kappa shape index (κ2) is 8.82. The van der Waals surface area contributed by atoms with Crippen molar-refractivity contribution in [1.82, 2.24) is 0 Å². The zero-order valence-electron chi connectivity index (χ0n) is 2.21. The van der Waals surface area contributed by atoms with E-state index in [1.165, 1.54) is 0 Å². The molecule has 0 aromatic heterocycles. The van der Waals surface area contributed by atoms with Gasteiger partial charge in [-0.05, 0) is 10.1 Å². The van der Waals surface area contributed by atoms with Crippen molar-refractivity contribution >= 4 is 0 Å². The van der Waals surface area contributed by atoms with Gasteiger partial charge in [-0.15, -0.1) is 0 Å². The Morgan fingerprint density at radius 2 is 1.20 bits per heavy atom. The molecule has 0 unspecified atom stereocenters. The Labute approximate surface area is 43.0 Å². The van der Waals surface area contributed by atoms with Crippen LogP contribution >= 0.6 is 0 Å². The Kier molecular flexibility index (Phi) is 16.1. The molecule has 0 aromatic rings. The Balaban J connectivity index is 0. The minimum absolute atomic E-state index is 0. The molecule has 0 spiro atoms. The third-order valence-electron chi connectivity index (χ3n) is 0.0333. The van der Waals surface area contributed by atoms with E-state index in [1.54, 1.807) is 0 Å². The van der Waals surface area contributed by atoms with Gasteiger partial charge >= 0.3 is 0 Å². The first kappa shape index (κ1) is 9.12. The van der Waals surface area contributed by atoms with Gasteiger partial charge in [-0.2, -0.15) is 0 Å². The van der Waals surface area contributed by atoms with Crippen LogP contribution < -0.4 is 0 Å². The van der Waals surface area contributed by atoms with Crippen molar-refractivity contribution in [1.29, 1.82) is 0 Å². The molecule has 0 rings (SSSR count). The standard InChI is InChI=1S/H2O4.Ti/c1-3-4-2;/h1-2H;. The van der Waals surface area contributed by atoms with E-state index in [2.05, 4.69) is 10.1 Å². The summed E-state index contributed by atoms with van der Waals surface area (Å²) in [5.74, 6) is 0. The summed E-state index contributed by atoms with van der Waals surface area (Å²) in [6.07, 6.45) is 0. The minimum Gasteiger partial charge on any atom is -0.219 e. The van der Waals surface area contributed by atoms with Crippen molar-refractivity contribution < 1.29 is 42.3 Å². The summed E-state index contributed by atoms with van der Waals surface area (Å²) < 4.78 is 0. The zero-order chi connectivity index (χ0) is 3.41. The molecule has 0 radical (unpaired) electrons. The molecule has 0 aliphatic carbocycles. The maximum atomic E-state index is 6.90. The summed E-state index contributed by atoms with van der Waals surface area (Å²) in [6, 6.07) is 0. The van der Waals surface area contributed by atoms with Gasteiger partial charge in [0.2, 0.25) is 0 Å². The molecule has 0 saturated carbocycles. The van der Waals surface area contributed by atoms with Crippen molar-refractivity contribution in [2.45, 2.75) is 0 Å². The Morgan fingerprint density at radius 1 is 1.00 bits per heavy atom. The third kappa shape index (κ3) is 12.3. The minimum atomic E-state index is 0. The fourth-order valence-corrected chi connectivity index (χ4v) is 0. The second-order valence-electron chi connectivity index (χ2n) is 0.149. The van der Waals surface area contributed by atoms with Gasteiger partial charge in [0.15, 0.2) is 0 Å². The van der Waals surface area contributed by atoms with Crippen LogP contribution in [0.15, 0.2) is 0 Å². The summed E-state index contributed by atoms with van der Waals surface area (Å²) in [6.45, 7) is 0. The third-order valence-corrected chi connectivity index (χ3v) is 0.0333. The van der Waals surface area contributed by atoms with Crippen LogP contribution in [0.3, 0.4) is 0 Å². The predicted octanol–water partition coefficient (Wildman–Crippen LogP) is -0.122. The maximum absolute atomic E-state index is 6.90. The molecular weight excluding hydrogens is 112 g/mol. The van der Waals surface area contributed by atoms with Gasteiger partial charge in [0.25, 0.3) is 0 Å². The summed E-state index contributed by atoms with van der Waals surface area (Å²) in [4.78, 5) is 0. The molecular formula is H2O4Ti. The van der Waals surface area contributed by atoms with E-state index < -0.39 is 0 Å². The van der Waals surface area contributed by atoms with Crippen LogP contribution in [0, 0.1) is 0 Å². The van der Waals surface area contributed by atoms with Crippen LogP contribution in [0.1, 0.15) is 0 Å². The van der Waals surface area contributed by atoms with E-state index in [1.807, 2.05) is 0 Å². The molecule has 0 aliphatic heterocycles. The number of rotatable bonds is 1. The molecule has 5 heavy (non-hydrogen) atoms. The molecule has 0 heterocycles. The van der Waals surface area contributed by atoms with Gasteiger partial charge in [0.05, 0.1) is 0 Å². The molecule has 0 saturated heterocycles. The van der Waals surface area contributed by atoms with E-state index in [0.29, 0.717) is 0 Å². The fourth-order valence-electron chi connectivity index (χ4n) is 0. The molecule has 0 aromatic carbocycles. The normalized spacial score (nSPS) is 6.00. The molecule has 30 valence electrons. The first-order valence-electron chi connectivity index (χ1n) is 0.532. The molecule has 0 fully saturated rings. The Bertz CT molecular complexity index is 5.61. The van der Waals surface area contributed by atoms with Crippen LogP contribution in [0.4, 0.5) is 0 Å². The first-order valence-corrected chi connectivity index (χ1v) is 0.532. The molecule has 0 bridgehead atoms. The van der Waals surface area contributed by atoms with Crippen molar-refractivity contribution in [2.75, 3.05) is 0 Å². The SMILES string of the molecule is OOOO.[Ti]. The second-order valence-corrected chi connectivity index (χ2v) is 0.149. The largest absolute Gasteiger partial charge is 0.219 e.